The average molecular weight is 257 g/mol. The number of aliphatic hydroxyl groups is 1. The van der Waals surface area contributed by atoms with Crippen LogP contribution in [0.1, 0.15) is 29.8 Å². The van der Waals surface area contributed by atoms with E-state index in [-0.39, 0.29) is 24.1 Å². The molecule has 0 saturated carbocycles. The highest BCUT2D eigenvalue weighted by atomic mass is 19.1. The van der Waals surface area contributed by atoms with Gasteiger partial charge in [-0.1, -0.05) is 13.0 Å². The minimum Gasteiger partial charge on any atom is -0.396 e. The number of hydrogen-bond acceptors (Lipinski definition) is 2. The number of carbonyl (C=O) groups is 1. The zero-order chi connectivity index (χ0) is 13.9. The minimum atomic E-state index is -0.889. The summed E-state index contributed by atoms with van der Waals surface area (Å²) in [5, 5.41) is 11.4. The lowest BCUT2D eigenvalue weighted by Gasteiger charge is -2.19. The molecule has 0 saturated heterocycles. The van der Waals surface area contributed by atoms with E-state index in [9.17, 15) is 13.6 Å². The first-order chi connectivity index (χ1) is 8.38. The van der Waals surface area contributed by atoms with Crippen LogP contribution in [0.5, 0.6) is 0 Å². The van der Waals surface area contributed by atoms with Gasteiger partial charge in [-0.15, -0.1) is 0 Å². The van der Waals surface area contributed by atoms with Crippen molar-refractivity contribution >= 4 is 5.91 Å². The summed E-state index contributed by atoms with van der Waals surface area (Å²) in [7, 11) is 0. The number of benzene rings is 1. The van der Waals surface area contributed by atoms with Crippen molar-refractivity contribution in [1.29, 1.82) is 0 Å². The molecule has 0 fully saturated rings. The quantitative estimate of drug-likeness (QED) is 0.867. The van der Waals surface area contributed by atoms with Gasteiger partial charge in [0.25, 0.3) is 5.91 Å². The standard InChI is InChI=1S/C13H17F2NO2/c1-7-4-5-10(14)11(12(7)15)13(18)16-9(3)8(2)6-17/h4-5,8-9,17H,6H2,1-3H3,(H,16,18). The lowest BCUT2D eigenvalue weighted by molar-refractivity contribution is 0.0907. The van der Waals surface area contributed by atoms with E-state index in [1.165, 1.54) is 13.0 Å². The van der Waals surface area contributed by atoms with Crippen LogP contribution >= 0.6 is 0 Å². The normalized spacial score (nSPS) is 14.1. The number of carbonyl (C=O) groups excluding carboxylic acids is 1. The Morgan fingerprint density at radius 3 is 2.56 bits per heavy atom. The van der Waals surface area contributed by atoms with E-state index in [2.05, 4.69) is 5.32 Å². The fraction of sp³-hybridized carbons (Fsp3) is 0.462. The van der Waals surface area contributed by atoms with E-state index >= 15 is 0 Å². The maximum Gasteiger partial charge on any atom is 0.257 e. The third kappa shape index (κ3) is 3.04. The molecule has 100 valence electrons. The number of rotatable bonds is 4. The summed E-state index contributed by atoms with van der Waals surface area (Å²) in [5.74, 6) is -2.73. The summed E-state index contributed by atoms with van der Waals surface area (Å²) in [4.78, 5) is 11.8. The zero-order valence-corrected chi connectivity index (χ0v) is 10.6. The molecule has 0 aliphatic rings. The third-order valence-electron chi connectivity index (χ3n) is 3.01. The van der Waals surface area contributed by atoms with Crippen molar-refractivity contribution in [3.63, 3.8) is 0 Å². The Labute approximate surface area is 105 Å². The zero-order valence-electron chi connectivity index (χ0n) is 10.6. The molecular formula is C13H17F2NO2. The topological polar surface area (TPSA) is 49.3 Å². The maximum absolute atomic E-state index is 13.7. The van der Waals surface area contributed by atoms with Crippen molar-refractivity contribution in [2.75, 3.05) is 6.61 Å². The van der Waals surface area contributed by atoms with Crippen molar-refractivity contribution in [3.05, 3.63) is 34.9 Å². The molecule has 0 bridgehead atoms. The highest BCUT2D eigenvalue weighted by molar-refractivity contribution is 5.95. The Hall–Kier alpha value is -1.49. The first kappa shape index (κ1) is 14.6. The van der Waals surface area contributed by atoms with E-state index in [4.69, 9.17) is 5.11 Å². The fourth-order valence-electron chi connectivity index (χ4n) is 1.44. The molecule has 1 aromatic carbocycles. The summed E-state index contributed by atoms with van der Waals surface area (Å²) in [6, 6.07) is 1.97. The molecular weight excluding hydrogens is 240 g/mol. The van der Waals surface area contributed by atoms with Gasteiger partial charge in [-0.05, 0) is 31.4 Å². The average Bonchev–Trinajstić information content (AvgIpc) is 2.33. The first-order valence-corrected chi connectivity index (χ1v) is 5.74. The van der Waals surface area contributed by atoms with Gasteiger partial charge >= 0.3 is 0 Å². The molecule has 3 nitrogen and oxygen atoms in total. The van der Waals surface area contributed by atoms with Crippen LogP contribution in [-0.4, -0.2) is 23.7 Å². The van der Waals surface area contributed by atoms with Gasteiger partial charge in [-0.2, -0.15) is 0 Å². The van der Waals surface area contributed by atoms with Gasteiger partial charge in [0.15, 0.2) is 0 Å². The van der Waals surface area contributed by atoms with Crippen molar-refractivity contribution in [2.24, 2.45) is 5.92 Å². The van der Waals surface area contributed by atoms with Crippen LogP contribution < -0.4 is 5.32 Å². The molecule has 2 atom stereocenters. The Balaban J connectivity index is 2.95. The number of nitrogens with one attached hydrogen (secondary N) is 1. The highest BCUT2D eigenvalue weighted by Gasteiger charge is 2.22. The van der Waals surface area contributed by atoms with E-state index in [0.29, 0.717) is 0 Å². The van der Waals surface area contributed by atoms with E-state index in [1.54, 1.807) is 13.8 Å². The molecule has 18 heavy (non-hydrogen) atoms. The second-order valence-electron chi connectivity index (χ2n) is 4.48. The molecule has 1 aromatic rings. The second kappa shape index (κ2) is 5.91. The number of aliphatic hydroxyl groups excluding tert-OH is 1. The van der Waals surface area contributed by atoms with Gasteiger partial charge < -0.3 is 10.4 Å². The summed E-state index contributed by atoms with van der Waals surface area (Å²) < 4.78 is 27.2. The lowest BCUT2D eigenvalue weighted by Crippen LogP contribution is -2.39. The van der Waals surface area contributed by atoms with E-state index in [1.807, 2.05) is 0 Å². The Morgan fingerprint density at radius 2 is 2.00 bits per heavy atom. The Bertz CT molecular complexity index is 449. The van der Waals surface area contributed by atoms with Gasteiger partial charge in [-0.3, -0.25) is 4.79 Å². The molecule has 5 heteroatoms. The van der Waals surface area contributed by atoms with Crippen LogP contribution in [0, 0.1) is 24.5 Å². The summed E-state index contributed by atoms with van der Waals surface area (Å²) in [5.41, 5.74) is -0.364. The smallest absolute Gasteiger partial charge is 0.257 e. The predicted octanol–water partition coefficient (Wildman–Crippen LogP) is 2.02. The number of halogens is 2. The van der Waals surface area contributed by atoms with Gasteiger partial charge in [0.05, 0.1) is 0 Å². The molecule has 2 N–H and O–H groups in total. The number of hydrogen-bond donors (Lipinski definition) is 2. The third-order valence-corrected chi connectivity index (χ3v) is 3.01. The minimum absolute atomic E-state index is 0.111. The van der Waals surface area contributed by atoms with E-state index < -0.39 is 23.1 Å². The van der Waals surface area contributed by atoms with Crippen LogP contribution in [0.15, 0.2) is 12.1 Å². The predicted molar refractivity (Wildman–Crippen MR) is 64.3 cm³/mol. The SMILES string of the molecule is Cc1ccc(F)c(C(=O)NC(C)C(C)CO)c1F. The Kier molecular flexibility index (Phi) is 4.78. The second-order valence-corrected chi connectivity index (χ2v) is 4.48. The van der Waals surface area contributed by atoms with E-state index in [0.717, 1.165) is 6.07 Å². The summed E-state index contributed by atoms with van der Waals surface area (Å²) >= 11 is 0. The molecule has 0 radical (unpaired) electrons. The molecule has 0 spiro atoms. The van der Waals surface area contributed by atoms with Crippen LogP contribution in [-0.2, 0) is 0 Å². The fourth-order valence-corrected chi connectivity index (χ4v) is 1.44. The number of amides is 1. The van der Waals surface area contributed by atoms with Gasteiger partial charge in [0, 0.05) is 12.6 Å². The molecule has 0 aromatic heterocycles. The molecule has 0 aliphatic heterocycles. The maximum atomic E-state index is 13.7. The monoisotopic (exact) mass is 257 g/mol. The van der Waals surface area contributed by atoms with Gasteiger partial charge in [-0.25, -0.2) is 8.78 Å². The molecule has 2 unspecified atom stereocenters. The van der Waals surface area contributed by atoms with Crippen LogP contribution in [0.3, 0.4) is 0 Å². The molecule has 1 amide bonds. The van der Waals surface area contributed by atoms with Crippen molar-refractivity contribution in [2.45, 2.75) is 26.8 Å². The van der Waals surface area contributed by atoms with Crippen LogP contribution in [0.2, 0.25) is 0 Å². The van der Waals surface area contributed by atoms with Crippen molar-refractivity contribution in [1.82, 2.24) is 5.32 Å². The highest BCUT2D eigenvalue weighted by Crippen LogP contribution is 2.16. The molecule has 1 rings (SSSR count). The first-order valence-electron chi connectivity index (χ1n) is 5.74. The summed E-state index contributed by atoms with van der Waals surface area (Å²) in [6.07, 6.45) is 0. The van der Waals surface area contributed by atoms with Crippen molar-refractivity contribution in [3.8, 4) is 0 Å². The largest absolute Gasteiger partial charge is 0.396 e. The van der Waals surface area contributed by atoms with Crippen LogP contribution in [0.4, 0.5) is 8.78 Å². The van der Waals surface area contributed by atoms with Gasteiger partial charge in [0.1, 0.15) is 17.2 Å². The van der Waals surface area contributed by atoms with Crippen LogP contribution in [0.25, 0.3) is 0 Å². The van der Waals surface area contributed by atoms with Gasteiger partial charge in [0.2, 0.25) is 0 Å². The molecule has 0 aliphatic carbocycles. The molecule has 0 heterocycles. The Morgan fingerprint density at radius 1 is 1.39 bits per heavy atom. The lowest BCUT2D eigenvalue weighted by atomic mass is 10.0. The number of aryl methyl sites for hydroxylation is 1. The summed E-state index contributed by atoms with van der Waals surface area (Å²) in [6.45, 7) is 4.75. The van der Waals surface area contributed by atoms with Crippen molar-refractivity contribution < 1.29 is 18.7 Å².